The fraction of sp³-hybridized carbons (Fsp3) is 0.533. The van der Waals surface area contributed by atoms with Gasteiger partial charge in [-0.15, -0.1) is 0 Å². The molecule has 1 aromatic rings. The van der Waals surface area contributed by atoms with E-state index in [1.807, 2.05) is 32.0 Å². The first-order chi connectivity index (χ1) is 7.66. The van der Waals surface area contributed by atoms with E-state index in [1.54, 1.807) is 0 Å². The molecule has 16 heavy (non-hydrogen) atoms. The molecule has 0 N–H and O–H groups in total. The Morgan fingerprint density at radius 2 is 1.69 bits per heavy atom. The molecule has 1 heteroatoms. The number of carbonyl (C=O) groups excluding carboxylic acids is 1. The van der Waals surface area contributed by atoms with Gasteiger partial charge in [-0.25, -0.2) is 0 Å². The van der Waals surface area contributed by atoms with Crippen LogP contribution in [0.25, 0.3) is 0 Å². The van der Waals surface area contributed by atoms with E-state index in [9.17, 15) is 4.79 Å². The SMILES string of the molecule is CCCCCCC(=O)c1c(C)cccc1C. The summed E-state index contributed by atoms with van der Waals surface area (Å²) in [5.74, 6) is 0.312. The second-order valence-electron chi connectivity index (χ2n) is 4.50. The third kappa shape index (κ3) is 3.48. The minimum Gasteiger partial charge on any atom is -0.294 e. The van der Waals surface area contributed by atoms with Crippen LogP contribution in [-0.4, -0.2) is 5.78 Å². The molecular weight excluding hydrogens is 196 g/mol. The molecule has 1 aromatic carbocycles. The topological polar surface area (TPSA) is 17.1 Å². The molecule has 0 atom stereocenters. The van der Waals surface area contributed by atoms with Crippen LogP contribution in [0.15, 0.2) is 18.2 Å². The Bertz CT molecular complexity index is 332. The molecule has 0 spiro atoms. The summed E-state index contributed by atoms with van der Waals surface area (Å²) in [6, 6.07) is 6.05. The van der Waals surface area contributed by atoms with Gasteiger partial charge in [0.15, 0.2) is 5.78 Å². The minimum atomic E-state index is 0.312. The van der Waals surface area contributed by atoms with Crippen LogP contribution in [0.4, 0.5) is 0 Å². The molecule has 0 fully saturated rings. The number of hydrogen-bond donors (Lipinski definition) is 0. The summed E-state index contributed by atoms with van der Waals surface area (Å²) in [5, 5.41) is 0. The van der Waals surface area contributed by atoms with Crippen LogP contribution in [0, 0.1) is 13.8 Å². The van der Waals surface area contributed by atoms with Gasteiger partial charge in [0, 0.05) is 12.0 Å². The highest BCUT2D eigenvalue weighted by Gasteiger charge is 2.10. The first-order valence-electron chi connectivity index (χ1n) is 6.26. The van der Waals surface area contributed by atoms with E-state index in [-0.39, 0.29) is 0 Å². The van der Waals surface area contributed by atoms with Crippen LogP contribution >= 0.6 is 0 Å². The predicted molar refractivity (Wildman–Crippen MR) is 69.0 cm³/mol. The maximum Gasteiger partial charge on any atom is 0.163 e. The summed E-state index contributed by atoms with van der Waals surface area (Å²) in [6.07, 6.45) is 5.36. The predicted octanol–water partition coefficient (Wildman–Crippen LogP) is 4.46. The molecule has 0 saturated heterocycles. The lowest BCUT2D eigenvalue weighted by molar-refractivity contribution is 0.0978. The highest BCUT2D eigenvalue weighted by molar-refractivity contribution is 5.98. The Labute approximate surface area is 98.9 Å². The summed E-state index contributed by atoms with van der Waals surface area (Å²) in [7, 11) is 0. The summed E-state index contributed by atoms with van der Waals surface area (Å²) in [4.78, 5) is 12.0. The van der Waals surface area contributed by atoms with E-state index in [2.05, 4.69) is 6.92 Å². The van der Waals surface area contributed by atoms with Gasteiger partial charge in [-0.2, -0.15) is 0 Å². The Hall–Kier alpha value is -1.11. The second-order valence-corrected chi connectivity index (χ2v) is 4.50. The summed E-state index contributed by atoms with van der Waals surface area (Å²) >= 11 is 0. The number of Topliss-reactive ketones (excluding diaryl/α,β-unsaturated/α-hetero) is 1. The standard InChI is InChI=1S/C15H22O/c1-4-5-6-7-11-14(16)15-12(2)9-8-10-13(15)3/h8-10H,4-7,11H2,1-3H3. The largest absolute Gasteiger partial charge is 0.294 e. The summed E-state index contributed by atoms with van der Waals surface area (Å²) in [5.41, 5.74) is 3.17. The summed E-state index contributed by atoms with van der Waals surface area (Å²) in [6.45, 7) is 6.23. The molecule has 0 aliphatic rings. The third-order valence-corrected chi connectivity index (χ3v) is 3.02. The van der Waals surface area contributed by atoms with E-state index >= 15 is 0 Å². The monoisotopic (exact) mass is 218 g/mol. The van der Waals surface area contributed by atoms with E-state index in [0.717, 1.165) is 23.1 Å². The second kappa shape index (κ2) is 6.47. The van der Waals surface area contributed by atoms with Gasteiger partial charge >= 0.3 is 0 Å². The van der Waals surface area contributed by atoms with Gasteiger partial charge in [0.25, 0.3) is 0 Å². The van der Waals surface area contributed by atoms with Crippen molar-refractivity contribution in [3.8, 4) is 0 Å². The molecule has 0 amide bonds. The molecule has 88 valence electrons. The Balaban J connectivity index is 2.59. The lowest BCUT2D eigenvalue weighted by Gasteiger charge is -2.08. The molecule has 0 heterocycles. The van der Waals surface area contributed by atoms with E-state index in [0.29, 0.717) is 12.2 Å². The van der Waals surface area contributed by atoms with E-state index in [4.69, 9.17) is 0 Å². The lowest BCUT2D eigenvalue weighted by atomic mass is 9.96. The first-order valence-corrected chi connectivity index (χ1v) is 6.26. The Morgan fingerprint density at radius 1 is 1.06 bits per heavy atom. The molecule has 0 radical (unpaired) electrons. The van der Waals surface area contributed by atoms with Crippen molar-refractivity contribution in [1.29, 1.82) is 0 Å². The normalized spacial score (nSPS) is 10.4. The molecule has 0 aliphatic heterocycles. The molecule has 1 nitrogen and oxygen atoms in total. The number of aryl methyl sites for hydroxylation is 2. The van der Waals surface area contributed by atoms with Gasteiger partial charge in [-0.05, 0) is 31.4 Å². The van der Waals surface area contributed by atoms with Crippen molar-refractivity contribution in [3.63, 3.8) is 0 Å². The average molecular weight is 218 g/mol. The van der Waals surface area contributed by atoms with E-state index in [1.165, 1.54) is 19.3 Å². The van der Waals surface area contributed by atoms with Crippen molar-refractivity contribution in [2.24, 2.45) is 0 Å². The summed E-state index contributed by atoms with van der Waals surface area (Å²) < 4.78 is 0. The number of benzene rings is 1. The van der Waals surface area contributed by atoms with Crippen LogP contribution in [0.2, 0.25) is 0 Å². The van der Waals surface area contributed by atoms with Gasteiger partial charge in [0.2, 0.25) is 0 Å². The van der Waals surface area contributed by atoms with Gasteiger partial charge < -0.3 is 0 Å². The quantitative estimate of drug-likeness (QED) is 0.509. The van der Waals surface area contributed by atoms with Gasteiger partial charge in [0.05, 0.1) is 0 Å². The van der Waals surface area contributed by atoms with Crippen LogP contribution < -0.4 is 0 Å². The van der Waals surface area contributed by atoms with Crippen molar-refractivity contribution < 1.29 is 4.79 Å². The van der Waals surface area contributed by atoms with Crippen LogP contribution in [0.1, 0.15) is 60.5 Å². The first kappa shape index (κ1) is 13.0. The number of rotatable bonds is 6. The molecule has 0 bridgehead atoms. The molecular formula is C15H22O. The fourth-order valence-electron chi connectivity index (χ4n) is 2.09. The van der Waals surface area contributed by atoms with Gasteiger partial charge in [-0.1, -0.05) is 44.4 Å². The fourth-order valence-corrected chi connectivity index (χ4v) is 2.09. The molecule has 1 rings (SSSR count). The van der Waals surface area contributed by atoms with Gasteiger partial charge in [0.1, 0.15) is 0 Å². The molecule has 0 aromatic heterocycles. The minimum absolute atomic E-state index is 0.312. The van der Waals surface area contributed by atoms with Crippen molar-refractivity contribution >= 4 is 5.78 Å². The number of carbonyl (C=O) groups is 1. The maximum atomic E-state index is 12.0. The third-order valence-electron chi connectivity index (χ3n) is 3.02. The zero-order valence-corrected chi connectivity index (χ0v) is 10.7. The Morgan fingerprint density at radius 3 is 2.25 bits per heavy atom. The molecule has 0 aliphatic carbocycles. The number of ketones is 1. The molecule has 0 unspecified atom stereocenters. The van der Waals surface area contributed by atoms with Crippen molar-refractivity contribution in [2.75, 3.05) is 0 Å². The van der Waals surface area contributed by atoms with Crippen molar-refractivity contribution in [2.45, 2.75) is 52.9 Å². The van der Waals surface area contributed by atoms with Crippen LogP contribution in [0.5, 0.6) is 0 Å². The van der Waals surface area contributed by atoms with Crippen LogP contribution in [0.3, 0.4) is 0 Å². The zero-order valence-electron chi connectivity index (χ0n) is 10.7. The van der Waals surface area contributed by atoms with Crippen molar-refractivity contribution in [1.82, 2.24) is 0 Å². The van der Waals surface area contributed by atoms with Crippen LogP contribution in [-0.2, 0) is 0 Å². The zero-order chi connectivity index (χ0) is 12.0. The highest BCUT2D eigenvalue weighted by atomic mass is 16.1. The number of unbranched alkanes of at least 4 members (excludes halogenated alkanes) is 3. The van der Waals surface area contributed by atoms with Gasteiger partial charge in [-0.3, -0.25) is 4.79 Å². The maximum absolute atomic E-state index is 12.0. The highest BCUT2D eigenvalue weighted by Crippen LogP contribution is 2.17. The van der Waals surface area contributed by atoms with Crippen molar-refractivity contribution in [3.05, 3.63) is 34.9 Å². The smallest absolute Gasteiger partial charge is 0.163 e. The molecule has 0 saturated carbocycles. The Kier molecular flexibility index (Phi) is 5.24. The lowest BCUT2D eigenvalue weighted by Crippen LogP contribution is -2.04. The number of hydrogen-bond acceptors (Lipinski definition) is 1. The van der Waals surface area contributed by atoms with E-state index < -0.39 is 0 Å². The average Bonchev–Trinajstić information content (AvgIpc) is 2.24.